The molecule has 0 spiro atoms. The average Bonchev–Trinajstić information content (AvgIpc) is 3.06. The van der Waals surface area contributed by atoms with Gasteiger partial charge in [-0.2, -0.15) is 0 Å². The number of carboxylic acids is 1. The maximum atomic E-state index is 11.3. The van der Waals surface area contributed by atoms with Crippen molar-refractivity contribution in [1.29, 1.82) is 0 Å². The maximum absolute atomic E-state index is 11.3. The zero-order valence-corrected chi connectivity index (χ0v) is 12.8. The number of rotatable bonds is 3. The summed E-state index contributed by atoms with van der Waals surface area (Å²) in [6.07, 6.45) is 2.57. The average molecular weight is 295 g/mol. The molecule has 0 aliphatic carbocycles. The minimum Gasteiger partial charge on any atom is -0.481 e. The van der Waals surface area contributed by atoms with Gasteiger partial charge in [-0.25, -0.2) is 4.98 Å². The Hall–Kier alpha value is -1.14. The van der Waals surface area contributed by atoms with Gasteiger partial charge in [0.05, 0.1) is 5.69 Å². The first-order valence-corrected chi connectivity index (χ1v) is 8.05. The summed E-state index contributed by atoms with van der Waals surface area (Å²) >= 11 is 1.57. The molecule has 0 bridgehead atoms. The van der Waals surface area contributed by atoms with Crippen LogP contribution in [-0.2, 0) is 10.2 Å². The number of carboxylic acid groups (broad SMARTS) is 1. The predicted molar refractivity (Wildman–Crippen MR) is 79.6 cm³/mol. The number of carbonyl (C=O) groups is 1. The van der Waals surface area contributed by atoms with E-state index in [1.54, 1.807) is 25.2 Å². The van der Waals surface area contributed by atoms with E-state index in [9.17, 15) is 9.90 Å². The Morgan fingerprint density at radius 3 is 3.00 bits per heavy atom. The molecule has 2 fully saturated rings. The molecule has 1 aromatic heterocycles. The summed E-state index contributed by atoms with van der Waals surface area (Å²) in [5.41, 5.74) is -0.247. The first-order valence-electron chi connectivity index (χ1n) is 7.17. The van der Waals surface area contributed by atoms with Crippen molar-refractivity contribution in [3.05, 3.63) is 11.1 Å². The van der Waals surface area contributed by atoms with Crippen molar-refractivity contribution in [2.45, 2.75) is 38.1 Å². The zero-order valence-electron chi connectivity index (χ0n) is 12.0. The summed E-state index contributed by atoms with van der Waals surface area (Å²) in [6, 6.07) is 0.656. The monoisotopic (exact) mass is 295 g/mol. The van der Waals surface area contributed by atoms with E-state index in [0.29, 0.717) is 11.7 Å². The Balaban J connectivity index is 1.75. The molecule has 6 heteroatoms. The number of anilines is 1. The highest BCUT2D eigenvalue weighted by molar-refractivity contribution is 7.13. The van der Waals surface area contributed by atoms with Crippen LogP contribution in [-0.4, -0.2) is 53.2 Å². The number of thiazole rings is 1. The topological polar surface area (TPSA) is 56.7 Å². The van der Waals surface area contributed by atoms with Crippen molar-refractivity contribution in [2.75, 3.05) is 31.1 Å². The molecule has 3 heterocycles. The molecular weight excluding hydrogens is 274 g/mol. The molecule has 5 nitrogen and oxygen atoms in total. The quantitative estimate of drug-likeness (QED) is 0.921. The molecule has 2 aliphatic rings. The van der Waals surface area contributed by atoms with Crippen LogP contribution >= 0.6 is 11.3 Å². The van der Waals surface area contributed by atoms with E-state index in [0.717, 1.165) is 24.8 Å². The summed E-state index contributed by atoms with van der Waals surface area (Å²) < 4.78 is 0. The highest BCUT2D eigenvalue weighted by atomic mass is 32.1. The highest BCUT2D eigenvalue weighted by Crippen LogP contribution is 2.31. The molecule has 0 radical (unpaired) electrons. The molecule has 0 saturated carbocycles. The number of hydrogen-bond donors (Lipinski definition) is 1. The smallest absolute Gasteiger partial charge is 0.315 e. The molecule has 1 aromatic rings. The lowest BCUT2D eigenvalue weighted by molar-refractivity contribution is -0.142. The molecule has 2 saturated heterocycles. The Morgan fingerprint density at radius 2 is 2.25 bits per heavy atom. The Kier molecular flexibility index (Phi) is 3.46. The number of piperazine rings is 1. The van der Waals surface area contributed by atoms with Crippen LogP contribution in [0.3, 0.4) is 0 Å². The van der Waals surface area contributed by atoms with E-state index in [4.69, 9.17) is 0 Å². The molecular formula is C14H21N3O2S. The van der Waals surface area contributed by atoms with Crippen molar-refractivity contribution in [3.8, 4) is 0 Å². The van der Waals surface area contributed by atoms with E-state index < -0.39 is 11.4 Å². The number of hydrogen-bond acceptors (Lipinski definition) is 5. The lowest BCUT2D eigenvalue weighted by atomic mass is 9.90. The normalized spacial score (nSPS) is 23.9. The lowest BCUT2D eigenvalue weighted by Crippen LogP contribution is -2.50. The number of aliphatic carboxylic acids is 1. The fourth-order valence-corrected chi connectivity index (χ4v) is 4.00. The predicted octanol–water partition coefficient (Wildman–Crippen LogP) is 1.79. The third kappa shape index (κ3) is 2.31. The summed E-state index contributed by atoms with van der Waals surface area (Å²) in [5.74, 6) is -0.824. The number of fused-ring (bicyclic) bond motifs is 1. The van der Waals surface area contributed by atoms with E-state index in [2.05, 4.69) is 14.8 Å². The molecule has 1 atom stereocenters. The van der Waals surface area contributed by atoms with Gasteiger partial charge in [0.15, 0.2) is 5.13 Å². The van der Waals surface area contributed by atoms with Gasteiger partial charge in [-0.3, -0.25) is 9.69 Å². The van der Waals surface area contributed by atoms with E-state index in [1.807, 2.05) is 5.38 Å². The zero-order chi connectivity index (χ0) is 14.3. The minimum absolute atomic E-state index is 0.656. The lowest BCUT2D eigenvalue weighted by Gasteiger charge is -2.37. The number of aromatic nitrogens is 1. The largest absolute Gasteiger partial charge is 0.481 e. The first-order chi connectivity index (χ1) is 9.48. The van der Waals surface area contributed by atoms with Crippen LogP contribution in [0.15, 0.2) is 5.38 Å². The molecule has 1 unspecified atom stereocenters. The van der Waals surface area contributed by atoms with Gasteiger partial charge >= 0.3 is 5.97 Å². The van der Waals surface area contributed by atoms with Crippen molar-refractivity contribution in [2.24, 2.45) is 0 Å². The highest BCUT2D eigenvalue weighted by Gasteiger charge is 2.35. The molecule has 20 heavy (non-hydrogen) atoms. The van der Waals surface area contributed by atoms with Gasteiger partial charge in [-0.1, -0.05) is 0 Å². The van der Waals surface area contributed by atoms with Crippen LogP contribution in [0.25, 0.3) is 0 Å². The van der Waals surface area contributed by atoms with Gasteiger partial charge in [0.2, 0.25) is 0 Å². The third-order valence-corrected chi connectivity index (χ3v) is 5.43. The maximum Gasteiger partial charge on any atom is 0.315 e. The minimum atomic E-state index is -0.913. The summed E-state index contributed by atoms with van der Waals surface area (Å²) in [4.78, 5) is 20.8. The Bertz CT molecular complexity index is 514. The summed E-state index contributed by atoms with van der Waals surface area (Å²) in [7, 11) is 0. The first kappa shape index (κ1) is 13.8. The summed E-state index contributed by atoms with van der Waals surface area (Å²) in [6.45, 7) is 7.78. The number of nitrogens with zero attached hydrogens (tertiary/aromatic N) is 3. The van der Waals surface area contributed by atoms with Crippen LogP contribution in [0.5, 0.6) is 0 Å². The molecule has 2 aliphatic heterocycles. The van der Waals surface area contributed by atoms with Gasteiger partial charge in [-0.15, -0.1) is 11.3 Å². The second-order valence-corrected chi connectivity index (χ2v) is 7.06. The van der Waals surface area contributed by atoms with Crippen molar-refractivity contribution in [1.82, 2.24) is 9.88 Å². The molecule has 0 amide bonds. The standard InChI is InChI=1S/C14H21N3O2S/c1-14(2,12(18)19)11-9-20-13(15-11)17-7-6-16-5-3-4-10(16)8-17/h9-10H,3-8H2,1-2H3,(H,18,19). The van der Waals surface area contributed by atoms with Crippen LogP contribution in [0.1, 0.15) is 32.4 Å². The van der Waals surface area contributed by atoms with E-state index in [1.165, 1.54) is 19.4 Å². The Labute approximate surface area is 123 Å². The van der Waals surface area contributed by atoms with Crippen LogP contribution in [0.4, 0.5) is 5.13 Å². The van der Waals surface area contributed by atoms with Gasteiger partial charge in [-0.05, 0) is 33.2 Å². The van der Waals surface area contributed by atoms with E-state index >= 15 is 0 Å². The second kappa shape index (κ2) is 5.00. The third-order valence-electron chi connectivity index (χ3n) is 4.52. The molecule has 1 N–H and O–H groups in total. The summed E-state index contributed by atoms with van der Waals surface area (Å²) in [5, 5.41) is 12.1. The van der Waals surface area contributed by atoms with Crippen molar-refractivity contribution < 1.29 is 9.90 Å². The molecule has 0 aromatic carbocycles. The van der Waals surface area contributed by atoms with Gasteiger partial charge in [0.1, 0.15) is 5.41 Å². The second-order valence-electron chi connectivity index (χ2n) is 6.22. The van der Waals surface area contributed by atoms with E-state index in [-0.39, 0.29) is 0 Å². The van der Waals surface area contributed by atoms with Crippen LogP contribution < -0.4 is 4.90 Å². The fraction of sp³-hybridized carbons (Fsp3) is 0.714. The van der Waals surface area contributed by atoms with Gasteiger partial charge < -0.3 is 10.0 Å². The SMILES string of the molecule is CC(C)(C(=O)O)c1csc(N2CCN3CCCC3C2)n1. The molecule has 110 valence electrons. The van der Waals surface area contributed by atoms with Gasteiger partial charge in [0.25, 0.3) is 0 Å². The van der Waals surface area contributed by atoms with Gasteiger partial charge in [0, 0.05) is 31.1 Å². The van der Waals surface area contributed by atoms with Crippen molar-refractivity contribution in [3.63, 3.8) is 0 Å². The molecule has 3 rings (SSSR count). The van der Waals surface area contributed by atoms with Crippen LogP contribution in [0, 0.1) is 0 Å². The van der Waals surface area contributed by atoms with Crippen molar-refractivity contribution >= 4 is 22.4 Å². The Morgan fingerprint density at radius 1 is 1.45 bits per heavy atom. The van der Waals surface area contributed by atoms with Crippen LogP contribution in [0.2, 0.25) is 0 Å². The fourth-order valence-electron chi connectivity index (χ4n) is 2.97.